The van der Waals surface area contributed by atoms with Gasteiger partial charge in [-0.25, -0.2) is 0 Å². The van der Waals surface area contributed by atoms with Crippen molar-refractivity contribution >= 4 is 17.1 Å². The van der Waals surface area contributed by atoms with E-state index in [0.717, 1.165) is 16.8 Å². The molecule has 2 nitrogen and oxygen atoms in total. The number of ketones is 1. The first kappa shape index (κ1) is 8.88. The van der Waals surface area contributed by atoms with Gasteiger partial charge in [0.05, 0.1) is 0 Å². The number of benzene rings is 1. The average Bonchev–Trinajstić information content (AvgIpc) is 2.19. The van der Waals surface area contributed by atoms with E-state index in [4.69, 9.17) is 0 Å². The maximum atomic E-state index is 11.7. The number of nitrogens with zero attached hydrogens (tertiary/aromatic N) is 1. The van der Waals surface area contributed by atoms with Gasteiger partial charge in [-0.05, 0) is 12.5 Å². The van der Waals surface area contributed by atoms with Crippen LogP contribution in [0.3, 0.4) is 0 Å². The van der Waals surface area contributed by atoms with Gasteiger partial charge in [0.2, 0.25) is 0 Å². The lowest BCUT2D eigenvalue weighted by atomic mass is 9.98. The Hall–Kier alpha value is -1.70. The minimum absolute atomic E-state index is 0.156. The van der Waals surface area contributed by atoms with Crippen LogP contribution in [0, 0.1) is 0 Å². The van der Waals surface area contributed by atoms with E-state index < -0.39 is 0 Å². The van der Waals surface area contributed by atoms with Gasteiger partial charge in [-0.15, -0.1) is 0 Å². The monoisotopic (exact) mass is 185 g/mol. The third kappa shape index (κ3) is 1.64. The summed E-state index contributed by atoms with van der Waals surface area (Å²) >= 11 is 0. The van der Waals surface area contributed by atoms with E-state index in [9.17, 15) is 4.79 Å². The highest BCUT2D eigenvalue weighted by atomic mass is 16.1. The maximum absolute atomic E-state index is 11.7. The van der Waals surface area contributed by atoms with Crippen molar-refractivity contribution in [1.29, 1.82) is 0 Å². The third-order valence-electron chi connectivity index (χ3n) is 2.22. The molecule has 1 aliphatic heterocycles. The van der Waals surface area contributed by atoms with E-state index in [1.165, 1.54) is 0 Å². The number of rotatable bonds is 1. The molecule has 0 fully saturated rings. The Morgan fingerprint density at radius 2 is 1.93 bits per heavy atom. The lowest BCUT2D eigenvalue weighted by Gasteiger charge is -2.09. The number of hydrogen-bond donors (Lipinski definition) is 0. The van der Waals surface area contributed by atoms with Gasteiger partial charge in [-0.2, -0.15) is 0 Å². The number of Topliss-reactive ketones (excluding diaryl/α,β-unsaturated/α-hetero) is 1. The van der Waals surface area contributed by atoms with Crippen molar-refractivity contribution in [2.45, 2.75) is 13.3 Å². The van der Waals surface area contributed by atoms with E-state index in [1.54, 1.807) is 6.20 Å². The minimum atomic E-state index is 0.156. The summed E-state index contributed by atoms with van der Waals surface area (Å²) in [5, 5.41) is 0. The van der Waals surface area contributed by atoms with Gasteiger partial charge in [0.25, 0.3) is 0 Å². The van der Waals surface area contributed by atoms with Gasteiger partial charge in [0.15, 0.2) is 5.78 Å². The molecule has 1 aromatic carbocycles. The summed E-state index contributed by atoms with van der Waals surface area (Å²) < 4.78 is 0. The first-order chi connectivity index (χ1) is 6.77. The van der Waals surface area contributed by atoms with Crippen molar-refractivity contribution < 1.29 is 4.79 Å². The molecule has 0 atom stereocenters. The summed E-state index contributed by atoms with van der Waals surface area (Å²) in [6.07, 6.45) is 2.11. The predicted molar refractivity (Wildman–Crippen MR) is 57.2 cm³/mol. The second kappa shape index (κ2) is 3.58. The van der Waals surface area contributed by atoms with E-state index in [1.807, 2.05) is 37.3 Å². The molecule has 0 N–H and O–H groups in total. The molecule has 2 rings (SSSR count). The molecule has 14 heavy (non-hydrogen) atoms. The van der Waals surface area contributed by atoms with Crippen LogP contribution >= 0.6 is 0 Å². The Kier molecular flexibility index (Phi) is 2.27. The quantitative estimate of drug-likeness (QED) is 0.660. The molecule has 0 aliphatic carbocycles. The molecule has 0 radical (unpaired) electrons. The lowest BCUT2D eigenvalue weighted by Crippen LogP contribution is -2.10. The topological polar surface area (TPSA) is 29.4 Å². The molecule has 1 heterocycles. The minimum Gasteiger partial charge on any atom is -0.294 e. The number of carbonyl (C=O) groups excluding carboxylic acids is 1. The zero-order valence-corrected chi connectivity index (χ0v) is 8.03. The molecule has 0 spiro atoms. The van der Waals surface area contributed by atoms with E-state index in [0.29, 0.717) is 6.42 Å². The highest BCUT2D eigenvalue weighted by molar-refractivity contribution is 6.27. The van der Waals surface area contributed by atoms with Crippen LogP contribution in [0.2, 0.25) is 0 Å². The van der Waals surface area contributed by atoms with Crippen LogP contribution in [0.1, 0.15) is 18.9 Å². The van der Waals surface area contributed by atoms with Crippen LogP contribution in [-0.4, -0.2) is 11.5 Å². The fourth-order valence-corrected chi connectivity index (χ4v) is 1.47. The maximum Gasteiger partial charge on any atom is 0.170 e. The molecule has 0 bridgehead atoms. The van der Waals surface area contributed by atoms with Gasteiger partial charge in [-0.3, -0.25) is 9.79 Å². The second-order valence-electron chi connectivity index (χ2n) is 3.37. The van der Waals surface area contributed by atoms with Crippen molar-refractivity contribution in [2.24, 2.45) is 4.99 Å². The third-order valence-corrected chi connectivity index (χ3v) is 2.22. The van der Waals surface area contributed by atoms with E-state index >= 15 is 0 Å². The number of aliphatic imine (C=N–C) groups is 1. The zero-order valence-electron chi connectivity index (χ0n) is 8.03. The molecule has 1 aromatic rings. The first-order valence-corrected chi connectivity index (χ1v) is 4.59. The average molecular weight is 185 g/mol. The molecule has 1 aliphatic rings. The highest BCUT2D eigenvalue weighted by Crippen LogP contribution is 2.20. The van der Waals surface area contributed by atoms with Crippen LogP contribution < -0.4 is 0 Å². The summed E-state index contributed by atoms with van der Waals surface area (Å²) in [5.74, 6) is 0.156. The first-order valence-electron chi connectivity index (χ1n) is 4.59. The van der Waals surface area contributed by atoms with Gasteiger partial charge in [0, 0.05) is 23.9 Å². The predicted octanol–water partition coefficient (Wildman–Crippen LogP) is 2.46. The molecule has 0 amide bonds. The molecule has 70 valence electrons. The lowest BCUT2D eigenvalue weighted by molar-refractivity contribution is -0.112. The van der Waals surface area contributed by atoms with Gasteiger partial charge < -0.3 is 0 Å². The molecular weight excluding hydrogens is 174 g/mol. The van der Waals surface area contributed by atoms with Gasteiger partial charge in [-0.1, -0.05) is 30.3 Å². The molecule has 0 aromatic heterocycles. The molecule has 0 saturated carbocycles. The summed E-state index contributed by atoms with van der Waals surface area (Å²) in [6.45, 7) is 1.87. The van der Waals surface area contributed by atoms with Crippen molar-refractivity contribution in [3.8, 4) is 0 Å². The Labute approximate surface area is 83.0 Å². The van der Waals surface area contributed by atoms with Crippen LogP contribution in [0.15, 0.2) is 41.5 Å². The van der Waals surface area contributed by atoms with E-state index in [2.05, 4.69) is 4.99 Å². The Bertz CT molecular complexity index is 415. The van der Waals surface area contributed by atoms with Gasteiger partial charge >= 0.3 is 0 Å². The van der Waals surface area contributed by atoms with Crippen molar-refractivity contribution in [2.75, 3.05) is 0 Å². The molecule has 0 saturated heterocycles. The molecule has 2 heteroatoms. The fraction of sp³-hybridized carbons (Fsp3) is 0.167. The largest absolute Gasteiger partial charge is 0.294 e. The number of allylic oxidation sites excluding steroid dienone is 1. The summed E-state index contributed by atoms with van der Waals surface area (Å²) in [6, 6.07) is 9.65. The molecular formula is C12H11NO. The fourth-order valence-electron chi connectivity index (χ4n) is 1.47. The van der Waals surface area contributed by atoms with Crippen LogP contribution in [0.5, 0.6) is 0 Å². The smallest absolute Gasteiger partial charge is 0.170 e. The van der Waals surface area contributed by atoms with E-state index in [-0.39, 0.29) is 5.78 Å². The Morgan fingerprint density at radius 3 is 2.57 bits per heavy atom. The van der Waals surface area contributed by atoms with Crippen LogP contribution in [0.4, 0.5) is 0 Å². The zero-order chi connectivity index (χ0) is 9.97. The summed E-state index contributed by atoms with van der Waals surface area (Å²) in [5.41, 5.74) is 2.56. The number of hydrogen-bond acceptors (Lipinski definition) is 2. The SMILES string of the molecule is CC1=NC=C(c2ccccc2)C(=O)C1. The Morgan fingerprint density at radius 1 is 1.21 bits per heavy atom. The van der Waals surface area contributed by atoms with Crippen molar-refractivity contribution in [3.63, 3.8) is 0 Å². The van der Waals surface area contributed by atoms with Crippen molar-refractivity contribution in [3.05, 3.63) is 42.1 Å². The summed E-state index contributed by atoms with van der Waals surface area (Å²) in [7, 11) is 0. The van der Waals surface area contributed by atoms with Crippen LogP contribution in [0.25, 0.3) is 5.57 Å². The van der Waals surface area contributed by atoms with Crippen molar-refractivity contribution in [1.82, 2.24) is 0 Å². The van der Waals surface area contributed by atoms with Gasteiger partial charge in [0.1, 0.15) is 0 Å². The standard InChI is InChI=1S/C12H11NO/c1-9-7-12(14)11(8-13-9)10-5-3-2-4-6-10/h2-6,8H,7H2,1H3. The number of carbonyl (C=O) groups is 1. The highest BCUT2D eigenvalue weighted by Gasteiger charge is 2.15. The summed E-state index contributed by atoms with van der Waals surface area (Å²) in [4.78, 5) is 15.8. The van der Waals surface area contributed by atoms with Crippen LogP contribution in [-0.2, 0) is 4.79 Å². The molecule has 0 unspecified atom stereocenters. The Balaban J connectivity index is 2.41. The second-order valence-corrected chi connectivity index (χ2v) is 3.37. The normalized spacial score (nSPS) is 16.2.